The molecular formula is C16H12Br2O. The predicted octanol–water partition coefficient (Wildman–Crippen LogP) is 4.77. The summed E-state index contributed by atoms with van der Waals surface area (Å²) in [6.45, 7) is 0. The maximum Gasteiger partial charge on any atom is 0.119 e. The molecule has 0 radical (unpaired) electrons. The Hall–Kier alpha value is -0.800. The lowest BCUT2D eigenvalue weighted by molar-refractivity contribution is 0.473. The van der Waals surface area contributed by atoms with Gasteiger partial charge in [-0.25, -0.2) is 0 Å². The minimum Gasteiger partial charge on any atom is -0.508 e. The summed E-state index contributed by atoms with van der Waals surface area (Å²) in [4.78, 5) is 0.544. The van der Waals surface area contributed by atoms with Crippen molar-refractivity contribution in [2.75, 3.05) is 0 Å². The van der Waals surface area contributed by atoms with Crippen LogP contribution in [0.5, 0.6) is 5.75 Å². The van der Waals surface area contributed by atoms with Gasteiger partial charge in [0.1, 0.15) is 5.75 Å². The van der Waals surface area contributed by atoms with Crippen LogP contribution in [0.3, 0.4) is 0 Å². The van der Waals surface area contributed by atoms with Crippen molar-refractivity contribution in [2.45, 2.75) is 22.5 Å². The minimum atomic E-state index is 0.267. The van der Waals surface area contributed by atoms with Gasteiger partial charge in [-0.1, -0.05) is 56.1 Å². The lowest BCUT2D eigenvalue weighted by Crippen LogP contribution is -1.99. The summed E-state index contributed by atoms with van der Waals surface area (Å²) >= 11 is 7.69. The van der Waals surface area contributed by atoms with Crippen molar-refractivity contribution in [1.29, 1.82) is 0 Å². The lowest BCUT2D eigenvalue weighted by atomic mass is 10.0. The molecule has 1 N–H and O–H groups in total. The average molecular weight is 380 g/mol. The van der Waals surface area contributed by atoms with Gasteiger partial charge in [-0.2, -0.15) is 0 Å². The molecule has 1 nitrogen and oxygen atoms in total. The molecule has 0 amide bonds. The van der Waals surface area contributed by atoms with Crippen LogP contribution in [0.1, 0.15) is 43.0 Å². The second kappa shape index (κ2) is 4.10. The topological polar surface area (TPSA) is 20.2 Å². The van der Waals surface area contributed by atoms with Gasteiger partial charge in [-0.05, 0) is 40.3 Å². The molecule has 2 aromatic rings. The van der Waals surface area contributed by atoms with E-state index in [1.54, 1.807) is 0 Å². The number of aromatic hydroxyl groups is 1. The number of halogens is 2. The van der Waals surface area contributed by atoms with Crippen LogP contribution in [0.15, 0.2) is 30.3 Å². The highest BCUT2D eigenvalue weighted by molar-refractivity contribution is 9.12. The molecule has 0 fully saturated rings. The van der Waals surface area contributed by atoms with Crippen LogP contribution in [0.4, 0.5) is 0 Å². The normalized spacial score (nSPS) is 23.1. The first-order valence-corrected chi connectivity index (χ1v) is 8.22. The van der Waals surface area contributed by atoms with Crippen molar-refractivity contribution < 1.29 is 5.11 Å². The van der Waals surface area contributed by atoms with Crippen LogP contribution in [0.2, 0.25) is 0 Å². The van der Waals surface area contributed by atoms with Gasteiger partial charge >= 0.3 is 0 Å². The molecule has 96 valence electrons. The maximum absolute atomic E-state index is 9.99. The highest BCUT2D eigenvalue weighted by Crippen LogP contribution is 2.53. The fourth-order valence-corrected chi connectivity index (χ4v) is 4.69. The highest BCUT2D eigenvalue weighted by atomic mass is 79.9. The van der Waals surface area contributed by atoms with E-state index in [0.29, 0.717) is 5.75 Å². The summed E-state index contributed by atoms with van der Waals surface area (Å²) in [6, 6.07) is 10.5. The zero-order valence-electron chi connectivity index (χ0n) is 10.2. The SMILES string of the molecule is Oc1cc2c(c3c1C3)C(Br)C(Br)c1ccccc1C2. The van der Waals surface area contributed by atoms with Gasteiger partial charge in [0.05, 0.1) is 9.65 Å². The molecule has 0 saturated carbocycles. The highest BCUT2D eigenvalue weighted by Gasteiger charge is 2.36. The van der Waals surface area contributed by atoms with E-state index in [1.165, 1.54) is 27.8 Å². The van der Waals surface area contributed by atoms with Crippen LogP contribution in [-0.2, 0) is 12.8 Å². The van der Waals surface area contributed by atoms with E-state index in [0.717, 1.165) is 18.4 Å². The first-order valence-electron chi connectivity index (χ1n) is 6.39. The van der Waals surface area contributed by atoms with Gasteiger partial charge in [0, 0.05) is 12.0 Å². The summed E-state index contributed by atoms with van der Waals surface area (Å²) in [6.07, 6.45) is 1.84. The number of benzene rings is 2. The third kappa shape index (κ3) is 1.71. The Kier molecular flexibility index (Phi) is 2.58. The van der Waals surface area contributed by atoms with E-state index in [4.69, 9.17) is 0 Å². The molecule has 0 aromatic heterocycles. The standard InChI is InChI=1S/C16H12Br2O/c17-15-10-4-2-1-3-8(10)5-9-6-13(19)11-7-12(11)14(9)16(15)18/h1-4,6,15-16,19H,5,7H2. The van der Waals surface area contributed by atoms with Crippen LogP contribution >= 0.6 is 31.9 Å². The Morgan fingerprint density at radius 3 is 2.58 bits per heavy atom. The van der Waals surface area contributed by atoms with E-state index in [1.807, 2.05) is 6.07 Å². The number of rotatable bonds is 0. The molecule has 2 unspecified atom stereocenters. The molecule has 2 aliphatic carbocycles. The molecule has 0 aliphatic heterocycles. The molecule has 0 saturated heterocycles. The zero-order chi connectivity index (χ0) is 13.1. The quantitative estimate of drug-likeness (QED) is 0.557. The number of fused-ring (bicyclic) bond motifs is 4. The zero-order valence-corrected chi connectivity index (χ0v) is 13.3. The molecule has 2 aliphatic rings. The number of phenolic OH excluding ortho intramolecular Hbond substituents is 1. The Morgan fingerprint density at radius 1 is 0.947 bits per heavy atom. The van der Waals surface area contributed by atoms with Crippen molar-refractivity contribution in [1.82, 2.24) is 0 Å². The molecule has 0 bridgehead atoms. The second-order valence-corrected chi connectivity index (χ2v) is 7.25. The van der Waals surface area contributed by atoms with E-state index in [2.05, 4.69) is 56.1 Å². The van der Waals surface area contributed by atoms with Crippen LogP contribution in [0.25, 0.3) is 0 Å². The fourth-order valence-electron chi connectivity index (χ4n) is 3.12. The van der Waals surface area contributed by atoms with Crippen LogP contribution in [-0.4, -0.2) is 5.11 Å². The van der Waals surface area contributed by atoms with Gasteiger partial charge < -0.3 is 5.11 Å². The van der Waals surface area contributed by atoms with E-state index >= 15 is 0 Å². The van der Waals surface area contributed by atoms with Crippen molar-refractivity contribution in [2.24, 2.45) is 0 Å². The van der Waals surface area contributed by atoms with Crippen molar-refractivity contribution in [3.8, 4) is 5.75 Å². The van der Waals surface area contributed by atoms with Gasteiger partial charge in [0.2, 0.25) is 0 Å². The third-order valence-electron chi connectivity index (χ3n) is 4.15. The predicted molar refractivity (Wildman–Crippen MR) is 83.5 cm³/mol. The smallest absolute Gasteiger partial charge is 0.119 e. The van der Waals surface area contributed by atoms with E-state index < -0.39 is 0 Å². The number of hydrogen-bond donors (Lipinski definition) is 1. The average Bonchev–Trinajstić information content (AvgIpc) is 3.18. The molecule has 0 heterocycles. The lowest BCUT2D eigenvalue weighted by Gasteiger charge is -2.17. The fraction of sp³-hybridized carbons (Fsp3) is 0.250. The molecule has 19 heavy (non-hydrogen) atoms. The molecule has 2 atom stereocenters. The summed E-state index contributed by atoms with van der Waals surface area (Å²) in [5.74, 6) is 0.471. The second-order valence-electron chi connectivity index (χ2n) is 5.28. The Balaban J connectivity index is 1.97. The molecule has 0 spiro atoms. The van der Waals surface area contributed by atoms with Crippen LogP contribution in [0, 0.1) is 0 Å². The first-order chi connectivity index (χ1) is 9.16. The number of hydrogen-bond acceptors (Lipinski definition) is 1. The summed E-state index contributed by atoms with van der Waals surface area (Å²) in [5, 5.41) is 9.99. The van der Waals surface area contributed by atoms with Crippen molar-refractivity contribution in [3.63, 3.8) is 0 Å². The first kappa shape index (κ1) is 12.0. The van der Waals surface area contributed by atoms with Gasteiger partial charge in [-0.3, -0.25) is 0 Å². The maximum atomic E-state index is 9.99. The van der Waals surface area contributed by atoms with Gasteiger partial charge in [0.15, 0.2) is 0 Å². The van der Waals surface area contributed by atoms with Crippen molar-refractivity contribution >= 4 is 31.9 Å². The Labute approximate surface area is 128 Å². The largest absolute Gasteiger partial charge is 0.508 e. The van der Waals surface area contributed by atoms with E-state index in [9.17, 15) is 5.11 Å². The molecule has 2 aromatic carbocycles. The number of phenols is 1. The minimum absolute atomic E-state index is 0.267. The molecular weight excluding hydrogens is 368 g/mol. The monoisotopic (exact) mass is 378 g/mol. The summed E-state index contributed by atoms with van der Waals surface area (Å²) in [7, 11) is 0. The number of alkyl halides is 2. The third-order valence-corrected chi connectivity index (χ3v) is 6.87. The van der Waals surface area contributed by atoms with Gasteiger partial charge in [-0.15, -0.1) is 0 Å². The van der Waals surface area contributed by atoms with E-state index in [-0.39, 0.29) is 9.65 Å². The van der Waals surface area contributed by atoms with Crippen LogP contribution < -0.4 is 0 Å². The molecule has 3 heteroatoms. The summed E-state index contributed by atoms with van der Waals surface area (Å²) < 4.78 is 0. The Morgan fingerprint density at radius 2 is 1.74 bits per heavy atom. The Bertz CT molecular complexity index is 693. The summed E-state index contributed by atoms with van der Waals surface area (Å²) in [5.41, 5.74) is 7.79. The van der Waals surface area contributed by atoms with Gasteiger partial charge in [0.25, 0.3) is 0 Å². The molecule has 4 rings (SSSR count). The van der Waals surface area contributed by atoms with Crippen molar-refractivity contribution in [3.05, 3.63) is 63.7 Å².